The summed E-state index contributed by atoms with van der Waals surface area (Å²) < 4.78 is 38.3. The van der Waals surface area contributed by atoms with E-state index < -0.39 is 0 Å². The topological polar surface area (TPSA) is 234 Å². The summed E-state index contributed by atoms with van der Waals surface area (Å²) in [4.78, 5) is 60.5. The summed E-state index contributed by atoms with van der Waals surface area (Å²) in [6.07, 6.45) is 0. The van der Waals surface area contributed by atoms with Gasteiger partial charge in [0.25, 0.3) is 0 Å². The lowest BCUT2D eigenvalue weighted by molar-refractivity contribution is 0.668. The van der Waals surface area contributed by atoms with Gasteiger partial charge in [-0.15, -0.1) is 0 Å². The molecule has 690 valence electrons. The van der Waals surface area contributed by atoms with Crippen molar-refractivity contribution < 1.29 is 26.5 Å². The molecule has 0 aliphatic rings. The number of hydrogen-bond acceptors (Lipinski definition) is 18. The minimum atomic E-state index is 0.544. The van der Waals surface area contributed by atoms with Gasteiger partial charge in [-0.25, -0.2) is 59.8 Å². The van der Waals surface area contributed by atoms with Crippen LogP contribution in [0.3, 0.4) is 0 Å². The molecule has 0 amide bonds. The van der Waals surface area contributed by atoms with Crippen LogP contribution in [0.1, 0.15) is 0 Å². The Balaban J connectivity index is 0.000000105. The van der Waals surface area contributed by atoms with Gasteiger partial charge in [0.05, 0.1) is 27.7 Å². The number of nitrogens with zero attached hydrogens (tertiary/aromatic N) is 12. The maximum absolute atomic E-state index is 6.47. The third-order valence-corrected chi connectivity index (χ3v) is 27.8. The van der Waals surface area contributed by atoms with Crippen LogP contribution in [0.2, 0.25) is 0 Å². The third-order valence-electron chi connectivity index (χ3n) is 27.8. The first kappa shape index (κ1) is 84.4. The average Bonchev–Trinajstić information content (AvgIpc) is 1.59. The molecule has 0 saturated heterocycles. The first-order valence-corrected chi connectivity index (χ1v) is 48.8. The summed E-state index contributed by atoms with van der Waals surface area (Å²) in [6, 6.07) is 151. The molecule has 148 heavy (non-hydrogen) atoms. The molecule has 0 aliphatic heterocycles. The van der Waals surface area contributed by atoms with Gasteiger partial charge in [0, 0.05) is 136 Å². The molecule has 0 unspecified atom stereocenters. The molecule has 0 aliphatic carbocycles. The van der Waals surface area contributed by atoms with E-state index in [0.29, 0.717) is 52.4 Å². The Hall–Kier alpha value is -20.5. The number of aromatic nitrogens is 12. The number of furan rings is 6. The summed E-state index contributed by atoms with van der Waals surface area (Å²) in [5, 5.41) is 18.1. The second kappa shape index (κ2) is 34.7. The van der Waals surface area contributed by atoms with E-state index in [2.05, 4.69) is 152 Å². The molecule has 12 aromatic heterocycles. The van der Waals surface area contributed by atoms with Crippen molar-refractivity contribution in [3.8, 4) is 136 Å². The number of fused-ring (bicyclic) bond motifs is 25. The van der Waals surface area contributed by atoms with E-state index in [-0.39, 0.29) is 0 Å². The van der Waals surface area contributed by atoms with Crippen molar-refractivity contribution in [3.63, 3.8) is 0 Å². The van der Waals surface area contributed by atoms with E-state index in [1.165, 1.54) is 0 Å². The summed E-state index contributed by atoms with van der Waals surface area (Å²) in [5.74, 6) is 5.17. The molecule has 0 spiro atoms. The van der Waals surface area contributed by atoms with Gasteiger partial charge < -0.3 is 26.5 Å². The Labute approximate surface area is 841 Å². The third kappa shape index (κ3) is 14.5. The molecule has 18 heteroatoms. The Kier molecular flexibility index (Phi) is 19.8. The zero-order valence-corrected chi connectivity index (χ0v) is 78.5. The highest BCUT2D eigenvalue weighted by atomic mass is 16.4. The molecule has 0 N–H and O–H groups in total. The zero-order valence-electron chi connectivity index (χ0n) is 78.5. The van der Waals surface area contributed by atoms with Crippen molar-refractivity contribution in [2.45, 2.75) is 0 Å². The lowest BCUT2D eigenvalue weighted by Crippen LogP contribution is -2.00. The van der Waals surface area contributed by atoms with Gasteiger partial charge in [0.15, 0.2) is 69.2 Å². The van der Waals surface area contributed by atoms with Gasteiger partial charge in [0.2, 0.25) is 0 Å². The van der Waals surface area contributed by atoms with Gasteiger partial charge in [-0.3, -0.25) is 0 Å². The quantitative estimate of drug-likeness (QED) is 0.111. The SMILES string of the molecule is c1ccc(-c2nc(-c3ccc(-c4nc5ccccc5c5c4oc4ccccc45)cc3)nc(-c3cccc4c3oc3ccccc34)n2)cc1.c1ccc(-c2nc(-c3ccc(-c4nc5ccccc5c5c4oc4ccccc45)cc3)nc(-c3cccc4oc5ccccc5c34)n2)cc1.c1ccc2cc(-c3nc(-c4ccc(-c5nc6ccccc6c6c5oc5ccccc56)cc4)nc(-c4cccc5c4oc4ccccc45)n3)ccc2c1. The van der Waals surface area contributed by atoms with Gasteiger partial charge in [0.1, 0.15) is 67.3 Å². The zero-order chi connectivity index (χ0) is 97.4. The van der Waals surface area contributed by atoms with Crippen molar-refractivity contribution in [2.24, 2.45) is 0 Å². The Bertz CT molecular complexity index is 10800. The van der Waals surface area contributed by atoms with Crippen LogP contribution in [-0.4, -0.2) is 59.8 Å². The summed E-state index contributed by atoms with van der Waals surface area (Å²) in [7, 11) is 0. The largest absolute Gasteiger partial charge is 0.456 e. The van der Waals surface area contributed by atoms with E-state index in [4.69, 9.17) is 86.3 Å². The molecule has 19 aromatic carbocycles. The maximum Gasteiger partial charge on any atom is 0.167 e. The monoisotopic (exact) mass is 1900 g/mol. The normalized spacial score (nSPS) is 11.8. The molecular weight excluding hydrogens is 1830 g/mol. The van der Waals surface area contributed by atoms with E-state index >= 15 is 0 Å². The van der Waals surface area contributed by atoms with Crippen molar-refractivity contribution in [3.05, 3.63) is 449 Å². The van der Waals surface area contributed by atoms with Gasteiger partial charge in [-0.05, 0) is 89.6 Å². The number of benzene rings is 19. The standard InChI is InChI=1S/C46H26N4O2.2C42H24N4O2/c1-2-11-30-26-31(25-20-27(30)10-1)45-48-44(49-46(50-45)36-16-9-15-33-32-12-4-7-18-38(32)51-42(33)36)29-23-21-28(22-24-29)41-43-40(34-13-3-6-17-37(34)47-41)35-14-5-8-19-39(35)52-43;1-2-11-26(12-3-1)40-44-41(46-42(45-40)32-17-10-16-29-28-13-5-8-19-34(28)47-38(29)32)27-23-21-25(22-24-27)37-39-36(30-14-4-7-18-33(30)43-37)31-15-6-9-20-35(31)48-39;1-2-11-26(12-3-1)40-44-41(46-42(45-40)31-16-10-20-35-36(31)29-14-5-8-18-33(29)47-35)27-23-21-25(22-24-27)38-39-37(28-13-4-7-17-32(28)43-38)30-15-6-9-19-34(30)48-39/h1-26H;2*1-24H. The Morgan fingerprint density at radius 1 is 0.128 bits per heavy atom. The van der Waals surface area contributed by atoms with Crippen molar-refractivity contribution in [2.75, 3.05) is 0 Å². The minimum absolute atomic E-state index is 0.544. The van der Waals surface area contributed by atoms with Crippen LogP contribution in [0.4, 0.5) is 0 Å². The minimum Gasteiger partial charge on any atom is -0.456 e. The van der Waals surface area contributed by atoms with Gasteiger partial charge >= 0.3 is 0 Å². The first-order chi connectivity index (χ1) is 73.3. The lowest BCUT2D eigenvalue weighted by atomic mass is 10.0. The molecule has 31 aromatic rings. The molecule has 0 atom stereocenters. The van der Waals surface area contributed by atoms with Gasteiger partial charge in [-0.2, -0.15) is 0 Å². The fourth-order valence-electron chi connectivity index (χ4n) is 20.8. The summed E-state index contributed by atoms with van der Waals surface area (Å²) in [6.45, 7) is 0. The number of para-hydroxylation sites is 11. The molecule has 0 saturated carbocycles. The van der Waals surface area contributed by atoms with Crippen LogP contribution in [0.5, 0.6) is 0 Å². The second-order valence-corrected chi connectivity index (χ2v) is 36.6. The highest BCUT2D eigenvalue weighted by molar-refractivity contribution is 6.24. The second-order valence-electron chi connectivity index (χ2n) is 36.6. The van der Waals surface area contributed by atoms with Crippen LogP contribution < -0.4 is 0 Å². The molecule has 0 bridgehead atoms. The van der Waals surface area contributed by atoms with Crippen molar-refractivity contribution >= 4 is 175 Å². The van der Waals surface area contributed by atoms with Gasteiger partial charge in [-0.1, -0.05) is 370 Å². The smallest absolute Gasteiger partial charge is 0.167 e. The van der Waals surface area contributed by atoms with Crippen LogP contribution in [0.25, 0.3) is 311 Å². The predicted molar refractivity (Wildman–Crippen MR) is 592 cm³/mol. The molecule has 0 fully saturated rings. The van der Waals surface area contributed by atoms with Crippen LogP contribution in [0, 0.1) is 0 Å². The van der Waals surface area contributed by atoms with E-state index in [1.807, 2.05) is 297 Å². The van der Waals surface area contributed by atoms with Crippen molar-refractivity contribution in [1.29, 1.82) is 0 Å². The van der Waals surface area contributed by atoms with Crippen molar-refractivity contribution in [1.82, 2.24) is 59.8 Å². The summed E-state index contributed by atoms with van der Waals surface area (Å²) in [5.41, 5.74) is 25.4. The maximum atomic E-state index is 6.47. The van der Waals surface area contributed by atoms with E-state index in [1.54, 1.807) is 0 Å². The van der Waals surface area contributed by atoms with Crippen LogP contribution >= 0.6 is 0 Å². The van der Waals surface area contributed by atoms with E-state index in [0.717, 1.165) is 259 Å². The number of hydrogen-bond donors (Lipinski definition) is 0. The predicted octanol–water partition coefficient (Wildman–Crippen LogP) is 33.8. The number of pyridine rings is 3. The average molecular weight is 1900 g/mol. The Morgan fingerprint density at radius 3 is 0.770 bits per heavy atom. The molecule has 12 heterocycles. The highest BCUT2D eigenvalue weighted by Crippen LogP contribution is 2.48. The van der Waals surface area contributed by atoms with Crippen LogP contribution in [0.15, 0.2) is 475 Å². The highest BCUT2D eigenvalue weighted by Gasteiger charge is 2.28. The van der Waals surface area contributed by atoms with E-state index in [9.17, 15) is 0 Å². The molecular formula is C130H74N12O6. The fourth-order valence-corrected chi connectivity index (χ4v) is 20.8. The number of rotatable bonds is 12. The molecule has 0 radical (unpaired) electrons. The first-order valence-electron chi connectivity index (χ1n) is 48.8. The molecule has 18 nitrogen and oxygen atoms in total. The molecule has 31 rings (SSSR count). The lowest BCUT2D eigenvalue weighted by Gasteiger charge is -2.10. The Morgan fingerprint density at radius 2 is 0.378 bits per heavy atom. The van der Waals surface area contributed by atoms with Crippen LogP contribution in [-0.2, 0) is 0 Å². The fraction of sp³-hybridized carbons (Fsp3) is 0. The summed E-state index contributed by atoms with van der Waals surface area (Å²) >= 11 is 0.